The lowest BCUT2D eigenvalue weighted by molar-refractivity contribution is -0.121. The maximum atomic E-state index is 12.1. The predicted molar refractivity (Wildman–Crippen MR) is 113 cm³/mol. The van der Waals surface area contributed by atoms with Gasteiger partial charge in [0.1, 0.15) is 12.1 Å². The van der Waals surface area contributed by atoms with E-state index >= 15 is 0 Å². The number of nitrogens with two attached hydrogens (primary N) is 1. The zero-order chi connectivity index (χ0) is 20.2. The molecule has 0 saturated carbocycles. The first-order valence-electron chi connectivity index (χ1n) is 9.50. The highest BCUT2D eigenvalue weighted by molar-refractivity contribution is 5.87. The molecule has 0 aliphatic rings. The Morgan fingerprint density at radius 3 is 2.83 bits per heavy atom. The van der Waals surface area contributed by atoms with Gasteiger partial charge in [0, 0.05) is 11.8 Å². The second kappa shape index (κ2) is 8.14. The Morgan fingerprint density at radius 2 is 2.03 bits per heavy atom. The summed E-state index contributed by atoms with van der Waals surface area (Å²) in [6.07, 6.45) is 3.86. The second-order valence-electron chi connectivity index (χ2n) is 6.96. The van der Waals surface area contributed by atoms with Gasteiger partial charge in [0.2, 0.25) is 11.8 Å². The molecule has 0 unspecified atom stereocenters. The summed E-state index contributed by atoms with van der Waals surface area (Å²) in [5.41, 5.74) is 11.4. The number of carbonyl (C=O) groups excluding carboxylic acids is 1. The van der Waals surface area contributed by atoms with E-state index in [2.05, 4.69) is 46.5 Å². The molecule has 0 aliphatic carbocycles. The highest BCUT2D eigenvalue weighted by atomic mass is 16.3. The van der Waals surface area contributed by atoms with Gasteiger partial charge >= 0.3 is 0 Å². The molecule has 1 amide bonds. The third-order valence-electron chi connectivity index (χ3n) is 4.92. The third kappa shape index (κ3) is 4.27. The van der Waals surface area contributed by atoms with Gasteiger partial charge in [0.15, 0.2) is 0 Å². The first kappa shape index (κ1) is 18.7. The van der Waals surface area contributed by atoms with Crippen LogP contribution < -0.4 is 11.1 Å². The summed E-state index contributed by atoms with van der Waals surface area (Å²) in [5, 5.41) is 3.80. The van der Waals surface area contributed by atoms with Crippen molar-refractivity contribution in [1.29, 1.82) is 0 Å². The number of aryl methyl sites for hydroxylation is 2. The normalized spacial score (nSPS) is 10.9. The molecule has 6 nitrogen and oxygen atoms in total. The monoisotopic (exact) mass is 386 g/mol. The molecule has 0 saturated heterocycles. The minimum absolute atomic E-state index is 0.0867. The van der Waals surface area contributed by atoms with E-state index in [1.807, 2.05) is 24.3 Å². The van der Waals surface area contributed by atoms with Crippen molar-refractivity contribution in [3.05, 3.63) is 78.0 Å². The summed E-state index contributed by atoms with van der Waals surface area (Å²) >= 11 is 0. The van der Waals surface area contributed by atoms with Crippen LogP contribution in [0.4, 0.5) is 5.82 Å². The highest BCUT2D eigenvalue weighted by Crippen LogP contribution is 2.28. The standard InChI is InChI=1S/C23H22N4O2/c1-15-4-2-3-5-19(15)16-6-8-20-18(12-16)13-17(23(24)27-20)7-9-21(28)26-14-22-25-10-11-29-22/h2-6,8,10-13H,7,9,14H2,1H3,(H2,24,27)(H,26,28). The van der Waals surface area contributed by atoms with Crippen molar-refractivity contribution in [3.63, 3.8) is 0 Å². The number of hydrogen-bond acceptors (Lipinski definition) is 5. The van der Waals surface area contributed by atoms with E-state index < -0.39 is 0 Å². The van der Waals surface area contributed by atoms with Crippen molar-refractivity contribution in [1.82, 2.24) is 15.3 Å². The van der Waals surface area contributed by atoms with Gasteiger partial charge in [-0.3, -0.25) is 4.79 Å². The summed E-state index contributed by atoms with van der Waals surface area (Å²) in [6.45, 7) is 2.38. The lowest BCUT2D eigenvalue weighted by Gasteiger charge is -2.10. The van der Waals surface area contributed by atoms with Gasteiger partial charge in [-0.05, 0) is 53.8 Å². The summed E-state index contributed by atoms with van der Waals surface area (Å²) in [4.78, 5) is 20.6. The van der Waals surface area contributed by atoms with Gasteiger partial charge in [-0.1, -0.05) is 30.3 Å². The van der Waals surface area contributed by atoms with E-state index in [-0.39, 0.29) is 12.5 Å². The fourth-order valence-electron chi connectivity index (χ4n) is 3.35. The molecule has 0 atom stereocenters. The molecular formula is C23H22N4O2. The first-order chi connectivity index (χ1) is 14.1. The molecule has 29 heavy (non-hydrogen) atoms. The number of rotatable bonds is 6. The van der Waals surface area contributed by atoms with Crippen LogP contribution in [-0.4, -0.2) is 15.9 Å². The number of carbonyl (C=O) groups is 1. The van der Waals surface area contributed by atoms with Gasteiger partial charge in [-0.2, -0.15) is 0 Å². The van der Waals surface area contributed by atoms with Crippen LogP contribution in [0, 0.1) is 6.92 Å². The predicted octanol–water partition coefficient (Wildman–Crippen LogP) is 4.03. The number of nitrogens with zero attached hydrogens (tertiary/aromatic N) is 2. The Balaban J connectivity index is 1.51. The summed E-state index contributed by atoms with van der Waals surface area (Å²) in [5.74, 6) is 0.854. The smallest absolute Gasteiger partial charge is 0.220 e. The molecule has 146 valence electrons. The van der Waals surface area contributed by atoms with Gasteiger partial charge in [0.25, 0.3) is 0 Å². The molecule has 2 heterocycles. The Hall–Kier alpha value is -3.67. The van der Waals surface area contributed by atoms with Crippen LogP contribution in [0.2, 0.25) is 0 Å². The van der Waals surface area contributed by atoms with Gasteiger partial charge < -0.3 is 15.5 Å². The number of aromatic nitrogens is 2. The van der Waals surface area contributed by atoms with Crippen LogP contribution in [0.25, 0.3) is 22.0 Å². The lowest BCUT2D eigenvalue weighted by Crippen LogP contribution is -2.23. The Labute approximate surface area is 168 Å². The number of nitrogens with one attached hydrogen (secondary N) is 1. The Morgan fingerprint density at radius 1 is 1.17 bits per heavy atom. The van der Waals surface area contributed by atoms with Crippen LogP contribution >= 0.6 is 0 Å². The molecule has 0 aliphatic heterocycles. The summed E-state index contributed by atoms with van der Waals surface area (Å²) in [6, 6.07) is 16.5. The Kier molecular flexibility index (Phi) is 5.24. The molecule has 0 spiro atoms. The van der Waals surface area contributed by atoms with Crippen molar-refractivity contribution < 1.29 is 9.21 Å². The fraction of sp³-hybridized carbons (Fsp3) is 0.174. The average Bonchev–Trinajstić information content (AvgIpc) is 3.24. The van der Waals surface area contributed by atoms with Gasteiger partial charge in [-0.15, -0.1) is 0 Å². The molecule has 2 aromatic heterocycles. The molecule has 2 aromatic carbocycles. The molecule has 3 N–H and O–H groups in total. The molecule has 4 rings (SSSR count). The fourth-order valence-corrected chi connectivity index (χ4v) is 3.35. The number of nitrogen functional groups attached to an aromatic ring is 1. The number of fused-ring (bicyclic) bond motifs is 1. The average molecular weight is 386 g/mol. The van der Waals surface area contributed by atoms with E-state index in [4.69, 9.17) is 10.2 Å². The number of hydrogen-bond donors (Lipinski definition) is 2. The molecule has 6 heteroatoms. The molecule has 0 bridgehead atoms. The van der Waals surface area contributed by atoms with Crippen molar-refractivity contribution in [3.8, 4) is 11.1 Å². The van der Waals surface area contributed by atoms with Crippen molar-refractivity contribution in [2.75, 3.05) is 5.73 Å². The van der Waals surface area contributed by atoms with E-state index in [9.17, 15) is 4.79 Å². The number of oxazole rings is 1. The molecule has 0 fully saturated rings. The minimum atomic E-state index is -0.0867. The zero-order valence-corrected chi connectivity index (χ0v) is 16.2. The van der Waals surface area contributed by atoms with E-state index in [0.717, 1.165) is 22.0 Å². The van der Waals surface area contributed by atoms with E-state index in [1.54, 1.807) is 6.20 Å². The zero-order valence-electron chi connectivity index (χ0n) is 16.2. The maximum Gasteiger partial charge on any atom is 0.220 e. The SMILES string of the molecule is Cc1ccccc1-c1ccc2nc(N)c(CCC(=O)NCc3ncco3)cc2c1. The summed E-state index contributed by atoms with van der Waals surface area (Å²) in [7, 11) is 0. The van der Waals surface area contributed by atoms with Crippen molar-refractivity contribution >= 4 is 22.6 Å². The van der Waals surface area contributed by atoms with E-state index in [1.165, 1.54) is 17.4 Å². The third-order valence-corrected chi connectivity index (χ3v) is 4.92. The van der Waals surface area contributed by atoms with E-state index in [0.29, 0.717) is 24.6 Å². The largest absolute Gasteiger partial charge is 0.447 e. The first-order valence-corrected chi connectivity index (χ1v) is 9.50. The van der Waals surface area contributed by atoms with Crippen LogP contribution in [-0.2, 0) is 17.8 Å². The molecule has 4 aromatic rings. The molecule has 0 radical (unpaired) electrons. The molecular weight excluding hydrogens is 364 g/mol. The van der Waals surface area contributed by atoms with Crippen LogP contribution in [0.1, 0.15) is 23.4 Å². The minimum Gasteiger partial charge on any atom is -0.447 e. The number of benzene rings is 2. The Bertz CT molecular complexity index is 1150. The number of amides is 1. The van der Waals surface area contributed by atoms with Crippen LogP contribution in [0.5, 0.6) is 0 Å². The lowest BCUT2D eigenvalue weighted by atomic mass is 9.98. The topological polar surface area (TPSA) is 94.0 Å². The number of pyridine rings is 1. The van der Waals surface area contributed by atoms with Crippen molar-refractivity contribution in [2.45, 2.75) is 26.3 Å². The quantitative estimate of drug-likeness (QED) is 0.522. The van der Waals surface area contributed by atoms with Gasteiger partial charge in [0.05, 0.1) is 18.3 Å². The maximum absolute atomic E-state index is 12.1. The van der Waals surface area contributed by atoms with Gasteiger partial charge in [-0.25, -0.2) is 9.97 Å². The highest BCUT2D eigenvalue weighted by Gasteiger charge is 2.10. The summed E-state index contributed by atoms with van der Waals surface area (Å²) < 4.78 is 5.11. The van der Waals surface area contributed by atoms with Crippen LogP contribution in [0.3, 0.4) is 0 Å². The second-order valence-corrected chi connectivity index (χ2v) is 6.96. The van der Waals surface area contributed by atoms with Crippen LogP contribution in [0.15, 0.2) is 65.4 Å². The number of anilines is 1. The van der Waals surface area contributed by atoms with Crippen molar-refractivity contribution in [2.24, 2.45) is 0 Å².